The molecule has 3 rings (SSSR count). The zero-order chi connectivity index (χ0) is 23.3. The molecule has 8 nitrogen and oxygen atoms in total. The topological polar surface area (TPSA) is 119 Å². The highest BCUT2D eigenvalue weighted by molar-refractivity contribution is 6.30. The Kier molecular flexibility index (Phi) is 7.27. The Balaban J connectivity index is 1.72. The highest BCUT2D eigenvalue weighted by atomic mass is 35.5. The molecule has 1 aromatic heterocycles. The summed E-state index contributed by atoms with van der Waals surface area (Å²) in [7, 11) is 0. The van der Waals surface area contributed by atoms with E-state index >= 15 is 0 Å². The maximum atomic E-state index is 12.7. The van der Waals surface area contributed by atoms with Crippen LogP contribution < -0.4 is 16.5 Å². The fourth-order valence-electron chi connectivity index (χ4n) is 3.27. The maximum absolute atomic E-state index is 12.7. The molecule has 1 heterocycles. The number of carbonyl (C=O) groups excluding carboxylic acids is 3. The number of nitrogens with zero attached hydrogens (tertiary/aromatic N) is 2. The van der Waals surface area contributed by atoms with Crippen molar-refractivity contribution in [2.75, 3.05) is 0 Å². The van der Waals surface area contributed by atoms with Gasteiger partial charge in [-0.2, -0.15) is 5.10 Å². The summed E-state index contributed by atoms with van der Waals surface area (Å²) in [5, 5.41) is 8.17. The van der Waals surface area contributed by atoms with Crippen LogP contribution in [0.4, 0.5) is 0 Å². The standard InChI is InChI=1S/C23H24ClN5O3/c1-14(2)21(27-22(31)15-7-9-17(24)10-8-15)23(32)28-26-11-16-12-29(13-20(25)30)19-6-4-3-5-18(16)19/h3-12,14,21H,13H2,1-2H3,(H2,25,30)(H,27,31)(H,28,32)/b26-11-. The quantitative estimate of drug-likeness (QED) is 0.359. The summed E-state index contributed by atoms with van der Waals surface area (Å²) in [5.41, 5.74) is 9.76. The summed E-state index contributed by atoms with van der Waals surface area (Å²) < 4.78 is 1.73. The van der Waals surface area contributed by atoms with Gasteiger partial charge in [0, 0.05) is 33.2 Å². The van der Waals surface area contributed by atoms with Gasteiger partial charge in [-0.05, 0) is 36.2 Å². The predicted molar refractivity (Wildman–Crippen MR) is 124 cm³/mol. The van der Waals surface area contributed by atoms with Crippen molar-refractivity contribution in [3.63, 3.8) is 0 Å². The van der Waals surface area contributed by atoms with Crippen LogP contribution in [0.15, 0.2) is 59.8 Å². The molecule has 1 unspecified atom stereocenters. The molecule has 1 atom stereocenters. The van der Waals surface area contributed by atoms with E-state index < -0.39 is 17.9 Å². The number of carbonyl (C=O) groups is 3. The van der Waals surface area contributed by atoms with Gasteiger partial charge in [-0.25, -0.2) is 5.43 Å². The molecular weight excluding hydrogens is 430 g/mol. The summed E-state index contributed by atoms with van der Waals surface area (Å²) >= 11 is 5.86. The lowest BCUT2D eigenvalue weighted by molar-refractivity contribution is -0.124. The highest BCUT2D eigenvalue weighted by Gasteiger charge is 2.24. The van der Waals surface area contributed by atoms with E-state index in [2.05, 4.69) is 15.8 Å². The normalized spacial score (nSPS) is 12.2. The van der Waals surface area contributed by atoms with Crippen molar-refractivity contribution in [1.29, 1.82) is 0 Å². The lowest BCUT2D eigenvalue weighted by Crippen LogP contribution is -2.48. The van der Waals surface area contributed by atoms with E-state index in [1.54, 1.807) is 35.0 Å². The van der Waals surface area contributed by atoms with E-state index in [1.165, 1.54) is 6.21 Å². The lowest BCUT2D eigenvalue weighted by atomic mass is 10.0. The summed E-state index contributed by atoms with van der Waals surface area (Å²) in [6, 6.07) is 13.1. The first-order chi connectivity index (χ1) is 15.3. The molecule has 9 heteroatoms. The molecule has 166 valence electrons. The Labute approximate surface area is 190 Å². The van der Waals surface area contributed by atoms with E-state index in [-0.39, 0.29) is 18.4 Å². The number of amides is 3. The van der Waals surface area contributed by atoms with Crippen LogP contribution >= 0.6 is 11.6 Å². The van der Waals surface area contributed by atoms with E-state index in [1.807, 2.05) is 38.1 Å². The Morgan fingerprint density at radius 1 is 1.12 bits per heavy atom. The maximum Gasteiger partial charge on any atom is 0.262 e. The van der Waals surface area contributed by atoms with E-state index in [9.17, 15) is 14.4 Å². The van der Waals surface area contributed by atoms with Gasteiger partial charge < -0.3 is 15.6 Å². The molecule has 0 aliphatic heterocycles. The second kappa shape index (κ2) is 10.1. The molecule has 2 aromatic carbocycles. The van der Waals surface area contributed by atoms with Crippen LogP contribution in [-0.4, -0.2) is 34.5 Å². The number of benzene rings is 2. The van der Waals surface area contributed by atoms with Crippen molar-refractivity contribution in [3.8, 4) is 0 Å². The number of nitrogens with one attached hydrogen (secondary N) is 2. The number of fused-ring (bicyclic) bond motifs is 1. The molecule has 32 heavy (non-hydrogen) atoms. The molecule has 0 saturated carbocycles. The largest absolute Gasteiger partial charge is 0.368 e. The minimum absolute atomic E-state index is 0.0346. The first-order valence-electron chi connectivity index (χ1n) is 10.0. The molecule has 0 bridgehead atoms. The van der Waals surface area contributed by atoms with Crippen LogP contribution in [-0.2, 0) is 16.1 Å². The SMILES string of the molecule is CC(C)C(NC(=O)c1ccc(Cl)cc1)C(=O)N/N=C\c1cn(CC(N)=O)c2ccccc12. The monoisotopic (exact) mass is 453 g/mol. The number of primary amides is 1. The van der Waals surface area contributed by atoms with Gasteiger partial charge in [0.15, 0.2) is 0 Å². The van der Waals surface area contributed by atoms with E-state index in [0.29, 0.717) is 16.1 Å². The molecular formula is C23H24ClN5O3. The van der Waals surface area contributed by atoms with Gasteiger partial charge in [0.2, 0.25) is 5.91 Å². The van der Waals surface area contributed by atoms with Crippen molar-refractivity contribution in [2.24, 2.45) is 16.8 Å². The van der Waals surface area contributed by atoms with Crippen molar-refractivity contribution in [2.45, 2.75) is 26.4 Å². The third-order valence-electron chi connectivity index (χ3n) is 4.87. The third-order valence-corrected chi connectivity index (χ3v) is 5.12. The van der Waals surface area contributed by atoms with Crippen LogP contribution in [0.3, 0.4) is 0 Å². The molecule has 0 spiro atoms. The van der Waals surface area contributed by atoms with Crippen molar-refractivity contribution in [3.05, 3.63) is 70.9 Å². The number of hydrogen-bond donors (Lipinski definition) is 3. The fourth-order valence-corrected chi connectivity index (χ4v) is 3.40. The number of hydrazone groups is 1. The average molecular weight is 454 g/mol. The number of aromatic nitrogens is 1. The molecule has 0 aliphatic rings. The number of halogens is 1. The molecule has 4 N–H and O–H groups in total. The van der Waals surface area contributed by atoms with Gasteiger partial charge in [0.05, 0.1) is 6.21 Å². The van der Waals surface area contributed by atoms with Crippen LogP contribution in [0.25, 0.3) is 10.9 Å². The number of para-hydroxylation sites is 1. The number of rotatable bonds is 8. The molecule has 3 aromatic rings. The molecule has 0 aliphatic carbocycles. The van der Waals surface area contributed by atoms with Crippen molar-refractivity contribution in [1.82, 2.24) is 15.3 Å². The van der Waals surface area contributed by atoms with Crippen LogP contribution in [0.2, 0.25) is 5.02 Å². The molecule has 0 fully saturated rings. The number of nitrogens with two attached hydrogens (primary N) is 1. The summed E-state index contributed by atoms with van der Waals surface area (Å²) in [5.74, 6) is -1.45. The van der Waals surface area contributed by atoms with Gasteiger partial charge in [-0.15, -0.1) is 0 Å². The smallest absolute Gasteiger partial charge is 0.262 e. The third kappa shape index (κ3) is 5.53. The molecule has 0 radical (unpaired) electrons. The molecule has 3 amide bonds. The Morgan fingerprint density at radius 3 is 2.47 bits per heavy atom. The summed E-state index contributed by atoms with van der Waals surface area (Å²) in [6.45, 7) is 3.69. The van der Waals surface area contributed by atoms with Crippen LogP contribution in [0, 0.1) is 5.92 Å². The summed E-state index contributed by atoms with van der Waals surface area (Å²) in [4.78, 5) is 36.5. The second-order valence-electron chi connectivity index (χ2n) is 7.63. The van der Waals surface area contributed by atoms with Crippen molar-refractivity contribution < 1.29 is 14.4 Å². The minimum Gasteiger partial charge on any atom is -0.368 e. The molecule has 0 saturated heterocycles. The van der Waals surface area contributed by atoms with Gasteiger partial charge in [0.25, 0.3) is 11.8 Å². The van der Waals surface area contributed by atoms with E-state index in [0.717, 1.165) is 10.9 Å². The predicted octanol–water partition coefficient (Wildman–Crippen LogP) is 2.68. The van der Waals surface area contributed by atoms with Crippen LogP contribution in [0.1, 0.15) is 29.8 Å². The zero-order valence-corrected chi connectivity index (χ0v) is 18.5. The van der Waals surface area contributed by atoms with Crippen LogP contribution in [0.5, 0.6) is 0 Å². The Hall–Kier alpha value is -3.65. The first kappa shape index (κ1) is 23.0. The Morgan fingerprint density at radius 2 is 1.81 bits per heavy atom. The van der Waals surface area contributed by atoms with Gasteiger partial charge in [0.1, 0.15) is 12.6 Å². The van der Waals surface area contributed by atoms with Gasteiger partial charge in [-0.1, -0.05) is 43.6 Å². The Bertz CT molecular complexity index is 1170. The van der Waals surface area contributed by atoms with Gasteiger partial charge in [-0.3, -0.25) is 14.4 Å². The number of hydrogen-bond acceptors (Lipinski definition) is 4. The van der Waals surface area contributed by atoms with Crippen molar-refractivity contribution >= 4 is 46.4 Å². The zero-order valence-electron chi connectivity index (χ0n) is 17.7. The fraction of sp³-hybridized carbons (Fsp3) is 0.217. The van der Waals surface area contributed by atoms with E-state index in [4.69, 9.17) is 17.3 Å². The lowest BCUT2D eigenvalue weighted by Gasteiger charge is -2.20. The van der Waals surface area contributed by atoms with Gasteiger partial charge >= 0.3 is 0 Å². The summed E-state index contributed by atoms with van der Waals surface area (Å²) in [6.07, 6.45) is 3.24. The highest BCUT2D eigenvalue weighted by Crippen LogP contribution is 2.20. The first-order valence-corrected chi connectivity index (χ1v) is 10.4. The minimum atomic E-state index is -0.786. The second-order valence-corrected chi connectivity index (χ2v) is 8.07. The average Bonchev–Trinajstić information content (AvgIpc) is 3.09.